The number of benzene rings is 1. The van der Waals surface area contributed by atoms with Crippen molar-refractivity contribution in [3.63, 3.8) is 0 Å². The van der Waals surface area contributed by atoms with Crippen molar-refractivity contribution in [3.8, 4) is 11.5 Å². The molecule has 3 aromatic rings. The zero-order valence-electron chi connectivity index (χ0n) is 14.2. The van der Waals surface area contributed by atoms with Gasteiger partial charge in [-0.3, -0.25) is 4.98 Å². The molecule has 4 rings (SSSR count). The Morgan fingerprint density at radius 2 is 2.07 bits per heavy atom. The summed E-state index contributed by atoms with van der Waals surface area (Å²) in [5.41, 5.74) is 1.34. The number of alkyl halides is 3. The molecule has 27 heavy (non-hydrogen) atoms. The van der Waals surface area contributed by atoms with Gasteiger partial charge in [-0.2, -0.15) is 13.2 Å². The van der Waals surface area contributed by atoms with Crippen LogP contribution in [0.5, 0.6) is 0 Å². The number of oxazole rings is 1. The number of fused-ring (bicyclic) bond motifs is 1. The standard InChI is InChI=1S/C19H14BrF3N3O/c1-26-15(3-2-4-17(26)20)13-10-24-8-7-12(13)18-25-14-9-11(19(21,22)23)5-6-16(14)27-18/h2,4-10,15H,3H2,1H3/q+1. The van der Waals surface area contributed by atoms with Crippen LogP contribution in [-0.2, 0) is 6.18 Å². The lowest BCUT2D eigenvalue weighted by molar-refractivity contribution is -0.541. The smallest absolute Gasteiger partial charge is 0.416 e. The summed E-state index contributed by atoms with van der Waals surface area (Å²) in [6, 6.07) is 5.08. The number of pyridine rings is 1. The Labute approximate surface area is 161 Å². The van der Waals surface area contributed by atoms with Gasteiger partial charge in [0, 0.05) is 40.8 Å². The number of halogens is 4. The minimum Gasteiger partial charge on any atom is -0.436 e. The largest absolute Gasteiger partial charge is 0.436 e. The molecule has 1 aromatic carbocycles. The van der Waals surface area contributed by atoms with Gasteiger partial charge in [0.05, 0.1) is 16.7 Å². The topological polar surface area (TPSA) is 41.9 Å². The van der Waals surface area contributed by atoms with Gasteiger partial charge < -0.3 is 4.42 Å². The second-order valence-corrected chi connectivity index (χ2v) is 7.06. The van der Waals surface area contributed by atoms with Gasteiger partial charge in [-0.25, -0.2) is 9.56 Å². The molecule has 1 aliphatic rings. The van der Waals surface area contributed by atoms with E-state index in [0.29, 0.717) is 11.1 Å². The molecule has 0 bridgehead atoms. The third-order valence-electron chi connectivity index (χ3n) is 4.58. The Morgan fingerprint density at radius 1 is 1.26 bits per heavy atom. The minimum atomic E-state index is -4.42. The van der Waals surface area contributed by atoms with Gasteiger partial charge in [-0.1, -0.05) is 6.08 Å². The lowest BCUT2D eigenvalue weighted by atomic mass is 9.98. The molecule has 0 saturated heterocycles. The third-order valence-corrected chi connectivity index (χ3v) is 5.40. The predicted octanol–water partition coefficient (Wildman–Crippen LogP) is 5.35. The highest BCUT2D eigenvalue weighted by Crippen LogP contribution is 2.36. The van der Waals surface area contributed by atoms with E-state index in [1.165, 1.54) is 6.07 Å². The van der Waals surface area contributed by atoms with E-state index in [0.717, 1.165) is 28.7 Å². The van der Waals surface area contributed by atoms with Crippen LogP contribution in [0.15, 0.2) is 53.2 Å². The van der Waals surface area contributed by atoms with E-state index in [4.69, 9.17) is 4.42 Å². The van der Waals surface area contributed by atoms with E-state index in [9.17, 15) is 13.2 Å². The maximum absolute atomic E-state index is 12.9. The van der Waals surface area contributed by atoms with Gasteiger partial charge in [0.1, 0.15) is 12.6 Å². The summed E-state index contributed by atoms with van der Waals surface area (Å²) in [7, 11) is 1.96. The van der Waals surface area contributed by atoms with E-state index < -0.39 is 11.7 Å². The molecule has 4 nitrogen and oxygen atoms in total. The first-order valence-corrected chi connectivity index (χ1v) is 8.98. The fraction of sp³-hybridized carbons (Fsp3) is 0.211. The number of hydrogen-bond acceptors (Lipinski definition) is 3. The second-order valence-electron chi connectivity index (χ2n) is 6.25. The lowest BCUT2D eigenvalue weighted by Crippen LogP contribution is -2.21. The van der Waals surface area contributed by atoms with Gasteiger partial charge in [0.2, 0.25) is 10.5 Å². The van der Waals surface area contributed by atoms with E-state index in [1.807, 2.05) is 19.2 Å². The zero-order valence-corrected chi connectivity index (χ0v) is 15.8. The van der Waals surface area contributed by atoms with E-state index in [1.54, 1.807) is 18.5 Å². The lowest BCUT2D eigenvalue weighted by Gasteiger charge is -2.17. The van der Waals surface area contributed by atoms with Gasteiger partial charge in [0.25, 0.3) is 0 Å². The van der Waals surface area contributed by atoms with Crippen molar-refractivity contribution in [2.75, 3.05) is 7.05 Å². The molecular weight excluding hydrogens is 423 g/mol. The van der Waals surface area contributed by atoms with Crippen LogP contribution < -0.4 is 0 Å². The number of rotatable bonds is 2. The fourth-order valence-electron chi connectivity index (χ4n) is 3.14. The predicted molar refractivity (Wildman–Crippen MR) is 98.9 cm³/mol. The molecule has 0 N–H and O–H groups in total. The highest BCUT2D eigenvalue weighted by atomic mass is 79.9. The van der Waals surface area contributed by atoms with Crippen LogP contribution in [0.25, 0.3) is 22.6 Å². The van der Waals surface area contributed by atoms with E-state index in [-0.39, 0.29) is 17.4 Å². The average Bonchev–Trinajstić information content (AvgIpc) is 3.06. The second kappa shape index (κ2) is 6.60. The highest BCUT2D eigenvalue weighted by Gasteiger charge is 2.32. The van der Waals surface area contributed by atoms with Crippen molar-refractivity contribution >= 4 is 31.7 Å². The Balaban J connectivity index is 1.82. The Hall–Kier alpha value is -2.48. The van der Waals surface area contributed by atoms with Crippen molar-refractivity contribution in [1.82, 2.24) is 9.97 Å². The minimum absolute atomic E-state index is 0.00817. The molecule has 1 unspecified atom stereocenters. The first-order valence-electron chi connectivity index (χ1n) is 8.18. The van der Waals surface area contributed by atoms with Gasteiger partial charge >= 0.3 is 6.18 Å². The monoisotopic (exact) mass is 436 g/mol. The zero-order chi connectivity index (χ0) is 19.2. The maximum Gasteiger partial charge on any atom is 0.416 e. The molecule has 8 heteroatoms. The van der Waals surface area contributed by atoms with Crippen LogP contribution in [0.2, 0.25) is 0 Å². The maximum atomic E-state index is 12.9. The number of aromatic nitrogens is 2. The quantitative estimate of drug-likeness (QED) is 0.508. The summed E-state index contributed by atoms with van der Waals surface area (Å²) in [6.45, 7) is 0. The van der Waals surface area contributed by atoms with Crippen LogP contribution in [-0.4, -0.2) is 26.2 Å². The fourth-order valence-corrected chi connectivity index (χ4v) is 3.57. The molecule has 0 radical (unpaired) electrons. The summed E-state index contributed by atoms with van der Waals surface area (Å²) in [5, 5.41) is 0. The van der Waals surface area contributed by atoms with Crippen LogP contribution in [0, 0.1) is 0 Å². The summed E-state index contributed by atoms with van der Waals surface area (Å²) < 4.78 is 47.6. The number of allylic oxidation sites excluding steroid dienone is 1. The van der Waals surface area contributed by atoms with Crippen LogP contribution >= 0.6 is 15.9 Å². The Bertz CT molecular complexity index is 1090. The Morgan fingerprint density at radius 3 is 2.85 bits per heavy atom. The molecular formula is C19H14BrF3N3O+. The summed E-state index contributed by atoms with van der Waals surface area (Å²) in [6.07, 6.45) is 3.73. The van der Waals surface area contributed by atoms with E-state index >= 15 is 0 Å². The van der Waals surface area contributed by atoms with Crippen LogP contribution in [0.1, 0.15) is 23.6 Å². The van der Waals surface area contributed by atoms with Gasteiger partial charge in [0.15, 0.2) is 11.6 Å². The van der Waals surface area contributed by atoms with Crippen molar-refractivity contribution < 1.29 is 22.2 Å². The number of hydrogen-bond donors (Lipinski definition) is 0. The van der Waals surface area contributed by atoms with E-state index in [2.05, 4.69) is 30.5 Å². The molecule has 0 aliphatic carbocycles. The van der Waals surface area contributed by atoms with Crippen molar-refractivity contribution in [2.24, 2.45) is 0 Å². The number of nitrogens with zero attached hydrogens (tertiary/aromatic N) is 3. The third kappa shape index (κ3) is 3.29. The first-order chi connectivity index (χ1) is 12.8. The van der Waals surface area contributed by atoms with Crippen molar-refractivity contribution in [1.29, 1.82) is 0 Å². The summed E-state index contributed by atoms with van der Waals surface area (Å²) in [4.78, 5) is 8.52. The SMILES string of the molecule is C[N+]1=C(Br)C=CCC1c1cnccc1-c1nc2cc(C(F)(F)F)ccc2o1. The van der Waals surface area contributed by atoms with Crippen molar-refractivity contribution in [3.05, 3.63) is 59.9 Å². The van der Waals surface area contributed by atoms with Crippen LogP contribution in [0.4, 0.5) is 13.2 Å². The first kappa shape index (κ1) is 17.9. The molecule has 3 heterocycles. The van der Waals surface area contributed by atoms with Crippen LogP contribution in [0.3, 0.4) is 0 Å². The highest BCUT2D eigenvalue weighted by molar-refractivity contribution is 9.18. The molecule has 1 atom stereocenters. The normalized spacial score (nSPS) is 17.7. The molecule has 138 valence electrons. The molecule has 1 aliphatic heterocycles. The Kier molecular flexibility index (Phi) is 4.38. The van der Waals surface area contributed by atoms with Crippen molar-refractivity contribution in [2.45, 2.75) is 18.6 Å². The average molecular weight is 437 g/mol. The molecule has 0 amide bonds. The molecule has 2 aromatic heterocycles. The van der Waals surface area contributed by atoms with Gasteiger partial charge in [-0.15, -0.1) is 0 Å². The molecule has 0 saturated carbocycles. The molecule has 0 spiro atoms. The molecule has 0 fully saturated rings. The summed E-state index contributed by atoms with van der Waals surface area (Å²) >= 11 is 3.52. The van der Waals surface area contributed by atoms with Gasteiger partial charge in [-0.05, 0) is 24.3 Å². The summed E-state index contributed by atoms with van der Waals surface area (Å²) in [5.74, 6) is 0.279.